The van der Waals surface area contributed by atoms with Crippen LogP contribution in [0.4, 0.5) is 15.8 Å². The Labute approximate surface area is 285 Å². The van der Waals surface area contributed by atoms with Gasteiger partial charge in [0.25, 0.3) is 0 Å². The molecule has 1 aliphatic rings. The van der Waals surface area contributed by atoms with Gasteiger partial charge in [-0.05, 0) is 80.6 Å². The molecule has 0 bridgehead atoms. The van der Waals surface area contributed by atoms with E-state index in [4.69, 9.17) is 25.8 Å². The summed E-state index contributed by atoms with van der Waals surface area (Å²) in [6.07, 6.45) is 3.19. The van der Waals surface area contributed by atoms with E-state index < -0.39 is 29.0 Å². The molecule has 2 amide bonds. The van der Waals surface area contributed by atoms with Crippen LogP contribution >= 0.6 is 11.6 Å². The standard InChI is InChI=1S/C32H29ClFN3O7.Na/c1-42-26-17-21-23(18-27(26)43-16-3-2-7-28(38)39)35-15-12-24(21)44-25-6-4-5-22(29(25)33)37-31(41)32(13-14-32)30(40)36-20-10-8-19(34)9-11-20;/h4-6,8-12,15,17-18H,2-3,7,13-14,16H2,1H3,(H,36,40)(H,37,41)(H,38,39);/q;+1/p-1. The molecule has 10 nitrogen and oxygen atoms in total. The van der Waals surface area contributed by atoms with Gasteiger partial charge in [0.1, 0.15) is 27.8 Å². The second-order valence-electron chi connectivity index (χ2n) is 10.2. The summed E-state index contributed by atoms with van der Waals surface area (Å²) in [7, 11) is 1.50. The Morgan fingerprint density at radius 2 is 1.69 bits per heavy atom. The number of nitrogens with zero attached hydrogens (tertiary/aromatic N) is 1. The van der Waals surface area contributed by atoms with Gasteiger partial charge in [-0.3, -0.25) is 14.6 Å². The van der Waals surface area contributed by atoms with Crippen LogP contribution in [0.1, 0.15) is 32.1 Å². The molecule has 0 radical (unpaired) electrons. The number of carbonyl (C=O) groups excluding carboxylic acids is 3. The van der Waals surface area contributed by atoms with Crippen molar-refractivity contribution in [2.75, 3.05) is 24.4 Å². The number of amides is 2. The summed E-state index contributed by atoms with van der Waals surface area (Å²) in [5.41, 5.74) is -0.0613. The summed E-state index contributed by atoms with van der Waals surface area (Å²) in [6.45, 7) is 0.286. The van der Waals surface area contributed by atoms with Crippen LogP contribution < -0.4 is 59.5 Å². The molecule has 0 spiro atoms. The molecule has 1 fully saturated rings. The Balaban J connectivity index is 0.00000461. The average Bonchev–Trinajstić information content (AvgIpc) is 3.82. The van der Waals surface area contributed by atoms with Gasteiger partial charge in [0.2, 0.25) is 11.8 Å². The minimum Gasteiger partial charge on any atom is -0.550 e. The number of aliphatic carboxylic acids is 1. The zero-order chi connectivity index (χ0) is 31.3. The van der Waals surface area contributed by atoms with Gasteiger partial charge in [-0.2, -0.15) is 0 Å². The number of benzene rings is 3. The Bertz CT molecular complexity index is 1720. The molecular weight excluding hydrogens is 616 g/mol. The summed E-state index contributed by atoms with van der Waals surface area (Å²) in [6, 6.07) is 15.3. The molecular formula is C32H28ClFN3NaO7. The fourth-order valence-electron chi connectivity index (χ4n) is 4.56. The number of pyridine rings is 1. The third kappa shape index (κ3) is 8.04. The normalized spacial score (nSPS) is 12.9. The topological polar surface area (TPSA) is 139 Å². The third-order valence-electron chi connectivity index (χ3n) is 7.17. The Morgan fingerprint density at radius 1 is 0.956 bits per heavy atom. The van der Waals surface area contributed by atoms with Gasteiger partial charge in [-0.1, -0.05) is 17.7 Å². The van der Waals surface area contributed by atoms with Crippen LogP contribution in [-0.2, 0) is 14.4 Å². The van der Waals surface area contributed by atoms with Gasteiger partial charge in [-0.25, -0.2) is 4.39 Å². The van der Waals surface area contributed by atoms with Gasteiger partial charge in [0, 0.05) is 29.3 Å². The Hall–Kier alpha value is -3.90. The predicted molar refractivity (Wildman–Crippen MR) is 160 cm³/mol. The average molecular weight is 644 g/mol. The number of hydrogen-bond acceptors (Lipinski definition) is 8. The molecule has 1 heterocycles. The third-order valence-corrected chi connectivity index (χ3v) is 7.56. The molecule has 1 aromatic heterocycles. The van der Waals surface area contributed by atoms with Crippen LogP contribution in [0.2, 0.25) is 5.02 Å². The van der Waals surface area contributed by atoms with Crippen LogP contribution in [-0.4, -0.2) is 36.5 Å². The summed E-state index contributed by atoms with van der Waals surface area (Å²) < 4.78 is 30.7. The van der Waals surface area contributed by atoms with Gasteiger partial charge < -0.3 is 34.7 Å². The second-order valence-corrected chi connectivity index (χ2v) is 10.6. The zero-order valence-corrected chi connectivity index (χ0v) is 27.4. The van der Waals surface area contributed by atoms with E-state index in [1.165, 1.54) is 31.4 Å². The first-order chi connectivity index (χ1) is 21.2. The number of nitrogens with one attached hydrogen (secondary N) is 2. The van der Waals surface area contributed by atoms with Crippen LogP contribution in [0.3, 0.4) is 0 Å². The molecule has 4 aromatic rings. The number of carbonyl (C=O) groups is 3. The molecule has 228 valence electrons. The quantitative estimate of drug-likeness (QED) is 0.129. The number of aromatic nitrogens is 1. The molecule has 1 aliphatic carbocycles. The maximum absolute atomic E-state index is 13.2. The molecule has 0 saturated heterocycles. The maximum Gasteiger partial charge on any atom is 1.00 e. The van der Waals surface area contributed by atoms with E-state index >= 15 is 0 Å². The monoisotopic (exact) mass is 643 g/mol. The second kappa shape index (κ2) is 14.9. The van der Waals surface area contributed by atoms with Crippen LogP contribution in [0.25, 0.3) is 10.9 Å². The smallest absolute Gasteiger partial charge is 0.550 e. The molecule has 45 heavy (non-hydrogen) atoms. The van der Waals surface area contributed by atoms with E-state index in [1.807, 2.05) is 0 Å². The number of rotatable bonds is 13. The summed E-state index contributed by atoms with van der Waals surface area (Å²) in [4.78, 5) is 41.2. The fraction of sp³-hybridized carbons (Fsp3) is 0.250. The fourth-order valence-corrected chi connectivity index (χ4v) is 4.77. The van der Waals surface area contributed by atoms with Crippen molar-refractivity contribution in [2.24, 2.45) is 5.41 Å². The SMILES string of the molecule is COc1cc2c(Oc3cccc(NC(=O)C4(C(=O)Nc5ccc(F)cc5)CC4)c3Cl)ccnc2cc1OCCCCC(=O)[O-].[Na+]. The van der Waals surface area contributed by atoms with Gasteiger partial charge in [0.05, 0.1) is 24.9 Å². The van der Waals surface area contributed by atoms with Gasteiger partial charge >= 0.3 is 29.6 Å². The summed E-state index contributed by atoms with van der Waals surface area (Å²) >= 11 is 6.66. The van der Waals surface area contributed by atoms with E-state index in [1.54, 1.807) is 42.6 Å². The van der Waals surface area contributed by atoms with Crippen molar-refractivity contribution in [1.82, 2.24) is 4.98 Å². The first kappa shape index (κ1) is 34.0. The van der Waals surface area contributed by atoms with Crippen LogP contribution in [0.15, 0.2) is 66.9 Å². The number of carboxylic acids is 1. The first-order valence-corrected chi connectivity index (χ1v) is 14.2. The number of halogens is 2. The molecule has 5 rings (SSSR count). The van der Waals surface area contributed by atoms with Crippen molar-refractivity contribution in [3.63, 3.8) is 0 Å². The Morgan fingerprint density at radius 3 is 2.38 bits per heavy atom. The minimum atomic E-state index is -1.26. The summed E-state index contributed by atoms with van der Waals surface area (Å²) in [5, 5.41) is 16.8. The molecule has 1 saturated carbocycles. The van der Waals surface area contributed by atoms with Gasteiger partial charge in [0.15, 0.2) is 11.5 Å². The maximum atomic E-state index is 13.2. The van der Waals surface area contributed by atoms with Crippen molar-refractivity contribution >= 4 is 51.7 Å². The van der Waals surface area contributed by atoms with Gasteiger partial charge in [-0.15, -0.1) is 0 Å². The number of anilines is 2. The van der Waals surface area contributed by atoms with E-state index in [0.29, 0.717) is 59.5 Å². The van der Waals surface area contributed by atoms with Crippen LogP contribution in [0.5, 0.6) is 23.0 Å². The molecule has 0 aliphatic heterocycles. The largest absolute Gasteiger partial charge is 1.00 e. The van der Waals surface area contributed by atoms with E-state index in [0.717, 1.165) is 0 Å². The van der Waals surface area contributed by atoms with Crippen molar-refractivity contribution in [2.45, 2.75) is 32.1 Å². The predicted octanol–water partition coefficient (Wildman–Crippen LogP) is 2.49. The number of ether oxygens (including phenoxy) is 3. The van der Waals surface area contributed by atoms with E-state index in [-0.39, 0.29) is 59.0 Å². The summed E-state index contributed by atoms with van der Waals surface area (Å²) in [5.74, 6) is -0.992. The molecule has 0 unspecified atom stereocenters. The zero-order valence-electron chi connectivity index (χ0n) is 24.7. The molecule has 2 N–H and O–H groups in total. The number of carboxylic acid groups (broad SMARTS) is 1. The Kier molecular flexibility index (Phi) is 11.3. The van der Waals surface area contributed by atoms with Crippen LogP contribution in [0, 0.1) is 11.2 Å². The van der Waals surface area contributed by atoms with Crippen molar-refractivity contribution in [1.29, 1.82) is 0 Å². The van der Waals surface area contributed by atoms with Crippen molar-refractivity contribution < 1.29 is 67.6 Å². The first-order valence-electron chi connectivity index (χ1n) is 13.8. The van der Waals surface area contributed by atoms with E-state index in [2.05, 4.69) is 15.6 Å². The van der Waals surface area contributed by atoms with Crippen molar-refractivity contribution in [3.05, 3.63) is 77.7 Å². The van der Waals surface area contributed by atoms with Crippen molar-refractivity contribution in [3.8, 4) is 23.0 Å². The number of fused-ring (bicyclic) bond motifs is 1. The number of hydrogen-bond donors (Lipinski definition) is 2. The number of methoxy groups -OCH3 is 1. The van der Waals surface area contributed by atoms with E-state index in [9.17, 15) is 23.9 Å². The number of unbranched alkanes of at least 4 members (excludes halogenated alkanes) is 1. The molecule has 0 atom stereocenters. The minimum absolute atomic E-state index is 0. The molecule has 3 aromatic carbocycles. The molecule has 13 heteroatoms.